The van der Waals surface area contributed by atoms with Gasteiger partial charge in [-0.1, -0.05) is 18.6 Å². The fraction of sp³-hybridized carbons (Fsp3) is 0.667. The Kier molecular flexibility index (Phi) is 5.98. The molecule has 4 nitrogen and oxygen atoms in total. The summed E-state index contributed by atoms with van der Waals surface area (Å²) in [7, 11) is 0. The third-order valence-electron chi connectivity index (χ3n) is 5.48. The molecule has 2 N–H and O–H groups in total. The lowest BCUT2D eigenvalue weighted by Crippen LogP contribution is -2.51. The van der Waals surface area contributed by atoms with Gasteiger partial charge in [-0.2, -0.15) is 0 Å². The van der Waals surface area contributed by atoms with Crippen LogP contribution in [-0.4, -0.2) is 38.4 Å². The second kappa shape index (κ2) is 8.00. The summed E-state index contributed by atoms with van der Waals surface area (Å²) >= 11 is 0. The molecule has 0 aromatic heterocycles. The molecule has 0 amide bonds. The molecule has 1 aromatic rings. The van der Waals surface area contributed by atoms with Gasteiger partial charge < -0.3 is 20.1 Å². The SMILES string of the molecule is Cl.Fc1cccc2c1OCC[C@H]2NC1CCCC1C1COCCN1. The fourth-order valence-corrected chi connectivity index (χ4v) is 4.36. The number of morpholine rings is 1. The Balaban J connectivity index is 0.00000169. The lowest BCUT2D eigenvalue weighted by atomic mass is 9.91. The predicted octanol–water partition coefficient (Wildman–Crippen LogP) is 2.82. The first-order valence-electron chi connectivity index (χ1n) is 8.81. The molecular formula is C18H26ClFN2O2. The first-order valence-corrected chi connectivity index (χ1v) is 8.81. The standard InChI is InChI=1S/C18H25FN2O2.ClH/c19-14-5-1-4-13-16(7-9-23-18(13)14)21-15-6-2-3-12(15)17-11-22-10-8-20-17;/h1,4-5,12,15-17,20-21H,2-3,6-11H2;1H/t12?,15?,16-,17?;/m1./s1. The molecular weight excluding hydrogens is 331 g/mol. The molecule has 3 unspecified atom stereocenters. The molecule has 134 valence electrons. The van der Waals surface area contributed by atoms with Crippen molar-refractivity contribution >= 4 is 12.4 Å². The predicted molar refractivity (Wildman–Crippen MR) is 93.4 cm³/mol. The number of rotatable bonds is 3. The molecule has 2 fully saturated rings. The van der Waals surface area contributed by atoms with Gasteiger partial charge in [0.25, 0.3) is 0 Å². The van der Waals surface area contributed by atoms with E-state index in [1.807, 2.05) is 6.07 Å². The first-order chi connectivity index (χ1) is 11.3. The van der Waals surface area contributed by atoms with Crippen LogP contribution in [0.2, 0.25) is 0 Å². The minimum absolute atomic E-state index is 0. The van der Waals surface area contributed by atoms with E-state index < -0.39 is 0 Å². The van der Waals surface area contributed by atoms with Crippen LogP contribution in [0.3, 0.4) is 0 Å². The smallest absolute Gasteiger partial charge is 0.165 e. The Hall–Kier alpha value is -0.880. The van der Waals surface area contributed by atoms with Crippen molar-refractivity contribution in [3.05, 3.63) is 29.6 Å². The highest BCUT2D eigenvalue weighted by Gasteiger charge is 2.37. The van der Waals surface area contributed by atoms with Crippen LogP contribution < -0.4 is 15.4 Å². The van der Waals surface area contributed by atoms with Crippen molar-refractivity contribution < 1.29 is 13.9 Å². The van der Waals surface area contributed by atoms with Crippen molar-refractivity contribution in [2.75, 3.05) is 26.4 Å². The van der Waals surface area contributed by atoms with Crippen molar-refractivity contribution in [3.8, 4) is 5.75 Å². The zero-order valence-electron chi connectivity index (χ0n) is 13.8. The molecule has 0 bridgehead atoms. The Bertz CT molecular complexity index is 554. The third kappa shape index (κ3) is 3.54. The first kappa shape index (κ1) is 17.9. The molecule has 2 aliphatic heterocycles. The summed E-state index contributed by atoms with van der Waals surface area (Å²) < 4.78 is 25.1. The van der Waals surface area contributed by atoms with E-state index in [1.54, 1.807) is 6.07 Å². The van der Waals surface area contributed by atoms with Crippen molar-refractivity contribution in [1.29, 1.82) is 0 Å². The summed E-state index contributed by atoms with van der Waals surface area (Å²) in [6, 6.07) is 6.33. The van der Waals surface area contributed by atoms with Crippen LogP contribution in [0.25, 0.3) is 0 Å². The van der Waals surface area contributed by atoms with Gasteiger partial charge >= 0.3 is 0 Å². The fourth-order valence-electron chi connectivity index (χ4n) is 4.36. The van der Waals surface area contributed by atoms with Crippen LogP contribution in [0, 0.1) is 11.7 Å². The van der Waals surface area contributed by atoms with Crippen LogP contribution in [0.4, 0.5) is 4.39 Å². The average Bonchev–Trinajstić information content (AvgIpc) is 3.05. The number of hydrogen-bond acceptors (Lipinski definition) is 4. The zero-order valence-corrected chi connectivity index (χ0v) is 14.6. The van der Waals surface area contributed by atoms with Gasteiger partial charge in [0.1, 0.15) is 0 Å². The van der Waals surface area contributed by atoms with Gasteiger partial charge in [-0.05, 0) is 24.8 Å². The number of ether oxygens (including phenoxy) is 2. The Labute approximate surface area is 148 Å². The Morgan fingerprint density at radius 3 is 2.92 bits per heavy atom. The van der Waals surface area contributed by atoms with Crippen LogP contribution in [0.15, 0.2) is 18.2 Å². The Morgan fingerprint density at radius 2 is 2.08 bits per heavy atom. The molecule has 3 aliphatic rings. The van der Waals surface area contributed by atoms with Crippen molar-refractivity contribution in [3.63, 3.8) is 0 Å². The molecule has 0 spiro atoms. The topological polar surface area (TPSA) is 42.5 Å². The van der Waals surface area contributed by atoms with E-state index in [0.717, 1.165) is 31.7 Å². The van der Waals surface area contributed by atoms with Crippen molar-refractivity contribution in [1.82, 2.24) is 10.6 Å². The van der Waals surface area contributed by atoms with Gasteiger partial charge in [-0.3, -0.25) is 0 Å². The summed E-state index contributed by atoms with van der Waals surface area (Å²) in [4.78, 5) is 0. The lowest BCUT2D eigenvalue weighted by molar-refractivity contribution is 0.0511. The van der Waals surface area contributed by atoms with E-state index in [2.05, 4.69) is 10.6 Å². The molecule has 4 atom stereocenters. The summed E-state index contributed by atoms with van der Waals surface area (Å²) in [5.74, 6) is 0.777. The van der Waals surface area contributed by atoms with Gasteiger partial charge in [0.05, 0.1) is 19.8 Å². The van der Waals surface area contributed by atoms with Gasteiger partial charge in [0.2, 0.25) is 0 Å². The van der Waals surface area contributed by atoms with Gasteiger partial charge in [0, 0.05) is 36.7 Å². The maximum absolute atomic E-state index is 13.9. The van der Waals surface area contributed by atoms with E-state index in [1.165, 1.54) is 25.3 Å². The van der Waals surface area contributed by atoms with E-state index in [9.17, 15) is 4.39 Å². The highest BCUT2D eigenvalue weighted by molar-refractivity contribution is 5.85. The molecule has 2 heterocycles. The monoisotopic (exact) mass is 356 g/mol. The number of halogens is 2. The Morgan fingerprint density at radius 1 is 1.17 bits per heavy atom. The highest BCUT2D eigenvalue weighted by atomic mass is 35.5. The number of benzene rings is 1. The molecule has 1 saturated carbocycles. The second-order valence-electron chi connectivity index (χ2n) is 6.85. The molecule has 4 rings (SSSR count). The quantitative estimate of drug-likeness (QED) is 0.874. The molecule has 1 saturated heterocycles. The molecule has 6 heteroatoms. The summed E-state index contributed by atoms with van der Waals surface area (Å²) in [6.07, 6.45) is 4.57. The van der Waals surface area contributed by atoms with Gasteiger partial charge in [-0.25, -0.2) is 4.39 Å². The molecule has 1 aliphatic carbocycles. The minimum Gasteiger partial charge on any atom is -0.490 e. The van der Waals surface area contributed by atoms with Gasteiger partial charge in [-0.15, -0.1) is 12.4 Å². The van der Waals surface area contributed by atoms with E-state index >= 15 is 0 Å². The lowest BCUT2D eigenvalue weighted by Gasteiger charge is -2.36. The summed E-state index contributed by atoms with van der Waals surface area (Å²) in [5, 5.41) is 7.41. The average molecular weight is 357 g/mol. The van der Waals surface area contributed by atoms with E-state index in [4.69, 9.17) is 9.47 Å². The number of nitrogens with one attached hydrogen (secondary N) is 2. The normalized spacial score (nSPS) is 32.5. The van der Waals surface area contributed by atoms with E-state index in [0.29, 0.717) is 30.4 Å². The third-order valence-corrected chi connectivity index (χ3v) is 5.48. The second-order valence-corrected chi connectivity index (χ2v) is 6.85. The maximum Gasteiger partial charge on any atom is 0.165 e. The maximum atomic E-state index is 13.9. The van der Waals surface area contributed by atoms with Crippen molar-refractivity contribution in [2.24, 2.45) is 5.92 Å². The summed E-state index contributed by atoms with van der Waals surface area (Å²) in [5.41, 5.74) is 0.967. The molecule has 1 aromatic carbocycles. The minimum atomic E-state index is -0.251. The van der Waals surface area contributed by atoms with Crippen LogP contribution in [-0.2, 0) is 4.74 Å². The zero-order chi connectivity index (χ0) is 15.6. The van der Waals surface area contributed by atoms with E-state index in [-0.39, 0.29) is 24.3 Å². The number of hydrogen-bond donors (Lipinski definition) is 2. The summed E-state index contributed by atoms with van der Waals surface area (Å²) in [6.45, 7) is 3.14. The number of fused-ring (bicyclic) bond motifs is 1. The highest BCUT2D eigenvalue weighted by Crippen LogP contribution is 2.37. The van der Waals surface area contributed by atoms with Gasteiger partial charge in [0.15, 0.2) is 11.6 Å². The van der Waals surface area contributed by atoms with Crippen LogP contribution in [0.5, 0.6) is 5.75 Å². The van der Waals surface area contributed by atoms with Crippen LogP contribution in [0.1, 0.15) is 37.3 Å². The van der Waals surface area contributed by atoms with Crippen LogP contribution >= 0.6 is 12.4 Å². The number of para-hydroxylation sites is 1. The molecule has 0 radical (unpaired) electrons. The largest absolute Gasteiger partial charge is 0.490 e. The molecule has 24 heavy (non-hydrogen) atoms. The van der Waals surface area contributed by atoms with Crippen molar-refractivity contribution in [2.45, 2.75) is 43.8 Å².